The van der Waals surface area contributed by atoms with Crippen LogP contribution < -0.4 is 10.2 Å². The predicted octanol–water partition coefficient (Wildman–Crippen LogP) is 5.85. The van der Waals surface area contributed by atoms with Crippen LogP contribution in [-0.4, -0.2) is 81.7 Å². The van der Waals surface area contributed by atoms with Gasteiger partial charge in [0, 0.05) is 57.7 Å². The predicted molar refractivity (Wildman–Crippen MR) is 185 cm³/mol. The van der Waals surface area contributed by atoms with Gasteiger partial charge in [-0.25, -0.2) is 4.98 Å². The number of rotatable bonds is 12. The Labute approximate surface area is 279 Å². The Morgan fingerprint density at radius 2 is 1.91 bits per heavy atom. The molecule has 0 radical (unpaired) electrons. The Hall–Kier alpha value is -3.50. The number of fused-ring (bicyclic) bond motifs is 1. The van der Waals surface area contributed by atoms with Crippen molar-refractivity contribution in [1.29, 1.82) is 0 Å². The molecule has 2 aliphatic carbocycles. The van der Waals surface area contributed by atoms with Crippen LogP contribution in [-0.2, 0) is 29.4 Å². The standard InChI is InChI=1S/C37H53N7O3/c1-5-34(26-13-15-27(16-14-26)36(45)46)43(3)37-40-32-18-17-28(25-10-7-6-8-11-25)20-31(32)35(41-37)39-33(29-21-38-42(2)22-29)24-44-19-9-12-30(23-44)47-4/h6-8,10-11,21-22,26-28,30,33-34H,5,9,12-20,23-24H2,1-4H3,(H,45,46)(H,39,40,41)/t26?,27?,28-,30+,33+,34-/m1/s1. The lowest BCUT2D eigenvalue weighted by Gasteiger charge is -2.38. The smallest absolute Gasteiger partial charge is 0.306 e. The van der Waals surface area contributed by atoms with Crippen molar-refractivity contribution >= 4 is 17.7 Å². The van der Waals surface area contributed by atoms with Crippen LogP contribution in [0, 0.1) is 11.8 Å². The van der Waals surface area contributed by atoms with Gasteiger partial charge in [-0.2, -0.15) is 10.1 Å². The maximum absolute atomic E-state index is 11.6. The normalized spacial score (nSPS) is 24.7. The van der Waals surface area contributed by atoms with Crippen LogP contribution in [0.15, 0.2) is 42.7 Å². The lowest BCUT2D eigenvalue weighted by atomic mass is 9.77. The number of aromatic nitrogens is 4. The second-order valence-corrected chi connectivity index (χ2v) is 14.1. The highest BCUT2D eigenvalue weighted by Gasteiger charge is 2.34. The van der Waals surface area contributed by atoms with E-state index in [0.29, 0.717) is 11.8 Å². The topological polar surface area (TPSA) is 109 Å². The molecule has 47 heavy (non-hydrogen) atoms. The summed E-state index contributed by atoms with van der Waals surface area (Å²) in [6.07, 6.45) is 13.8. The minimum absolute atomic E-state index is 0.00170. The number of carbonyl (C=O) groups is 1. The molecule has 3 aromatic rings. The maximum atomic E-state index is 11.6. The van der Waals surface area contributed by atoms with E-state index in [1.54, 1.807) is 0 Å². The van der Waals surface area contributed by atoms with Crippen molar-refractivity contribution in [3.05, 3.63) is 65.1 Å². The van der Waals surface area contributed by atoms with Crippen LogP contribution in [0.25, 0.3) is 0 Å². The van der Waals surface area contributed by atoms with Crippen molar-refractivity contribution in [1.82, 2.24) is 24.6 Å². The number of likely N-dealkylation sites (tertiary alicyclic amines) is 1. The summed E-state index contributed by atoms with van der Waals surface area (Å²) in [4.78, 5) is 27.1. The highest BCUT2D eigenvalue weighted by molar-refractivity contribution is 5.70. The number of hydrogen-bond acceptors (Lipinski definition) is 8. The Morgan fingerprint density at radius 3 is 2.60 bits per heavy atom. The number of ether oxygens (including phenoxy) is 1. The monoisotopic (exact) mass is 643 g/mol. The third-order valence-electron chi connectivity index (χ3n) is 11.1. The number of aliphatic carboxylic acids is 1. The Bertz CT molecular complexity index is 1470. The minimum Gasteiger partial charge on any atom is -0.481 e. The number of methoxy groups -OCH3 is 1. The van der Waals surface area contributed by atoms with E-state index in [1.165, 1.54) is 11.1 Å². The first-order chi connectivity index (χ1) is 22.8. The van der Waals surface area contributed by atoms with Gasteiger partial charge in [0.15, 0.2) is 0 Å². The zero-order valence-electron chi connectivity index (χ0n) is 28.6. The largest absolute Gasteiger partial charge is 0.481 e. The molecule has 6 rings (SSSR count). The number of piperidine rings is 1. The molecule has 2 N–H and O–H groups in total. The third-order valence-corrected chi connectivity index (χ3v) is 11.1. The number of anilines is 2. The number of nitrogens with one attached hydrogen (secondary N) is 1. The molecule has 1 aliphatic heterocycles. The van der Waals surface area contributed by atoms with Gasteiger partial charge in [-0.15, -0.1) is 0 Å². The van der Waals surface area contributed by atoms with Gasteiger partial charge >= 0.3 is 5.97 Å². The number of hydrogen-bond donors (Lipinski definition) is 2. The lowest BCUT2D eigenvalue weighted by Crippen LogP contribution is -2.42. The van der Waals surface area contributed by atoms with E-state index in [2.05, 4.69) is 70.7 Å². The summed E-state index contributed by atoms with van der Waals surface area (Å²) in [7, 11) is 5.93. The Morgan fingerprint density at radius 1 is 1.13 bits per heavy atom. The lowest BCUT2D eigenvalue weighted by molar-refractivity contribution is -0.143. The highest BCUT2D eigenvalue weighted by atomic mass is 16.5. The maximum Gasteiger partial charge on any atom is 0.306 e. The van der Waals surface area contributed by atoms with E-state index in [-0.39, 0.29) is 24.1 Å². The molecule has 4 atom stereocenters. The Kier molecular flexibility index (Phi) is 10.8. The van der Waals surface area contributed by atoms with Gasteiger partial charge in [0.1, 0.15) is 5.82 Å². The van der Waals surface area contributed by atoms with Crippen molar-refractivity contribution in [2.75, 3.05) is 44.0 Å². The van der Waals surface area contributed by atoms with Crippen LogP contribution in [0.3, 0.4) is 0 Å². The van der Waals surface area contributed by atoms with E-state index < -0.39 is 5.97 Å². The molecule has 1 saturated carbocycles. The molecule has 0 bridgehead atoms. The van der Waals surface area contributed by atoms with Crippen LogP contribution in [0.1, 0.15) is 92.6 Å². The van der Waals surface area contributed by atoms with E-state index in [1.807, 2.05) is 25.0 Å². The van der Waals surface area contributed by atoms with Gasteiger partial charge < -0.3 is 20.1 Å². The molecule has 10 heteroatoms. The van der Waals surface area contributed by atoms with Crippen molar-refractivity contribution in [2.24, 2.45) is 18.9 Å². The average Bonchev–Trinajstić information content (AvgIpc) is 3.54. The second kappa shape index (κ2) is 15.2. The SMILES string of the molecule is CC[C@H](C1CCC(C(=O)O)CC1)N(C)c1nc2c(c(N[C@@H](CN3CCC[C@H](OC)C3)c3cnn(C)c3)n1)C[C@H](c1ccccc1)CC2. The van der Waals surface area contributed by atoms with Crippen molar-refractivity contribution < 1.29 is 14.6 Å². The second-order valence-electron chi connectivity index (χ2n) is 14.1. The van der Waals surface area contributed by atoms with Gasteiger partial charge in [0.05, 0.1) is 30.0 Å². The molecule has 10 nitrogen and oxygen atoms in total. The van der Waals surface area contributed by atoms with Crippen molar-refractivity contribution in [2.45, 2.75) is 95.2 Å². The molecule has 254 valence electrons. The highest BCUT2D eigenvalue weighted by Crippen LogP contribution is 2.39. The molecule has 0 amide bonds. The summed E-state index contributed by atoms with van der Waals surface area (Å²) in [6, 6.07) is 11.1. The third kappa shape index (κ3) is 7.81. The number of carboxylic acid groups (broad SMARTS) is 1. The first kappa shape index (κ1) is 33.4. The van der Waals surface area contributed by atoms with Crippen LogP contribution in [0.2, 0.25) is 0 Å². The molecule has 0 unspecified atom stereocenters. The Balaban J connectivity index is 1.33. The first-order valence-corrected chi connectivity index (χ1v) is 17.7. The summed E-state index contributed by atoms with van der Waals surface area (Å²) in [5.74, 6) is 1.67. The summed E-state index contributed by atoms with van der Waals surface area (Å²) in [5.41, 5.74) is 4.88. The van der Waals surface area contributed by atoms with E-state index >= 15 is 0 Å². The molecule has 2 aromatic heterocycles. The quantitative estimate of drug-likeness (QED) is 0.251. The molecule has 0 spiro atoms. The van der Waals surface area contributed by atoms with E-state index in [9.17, 15) is 9.90 Å². The molecule has 1 saturated heterocycles. The zero-order chi connectivity index (χ0) is 32.9. The van der Waals surface area contributed by atoms with Crippen LogP contribution in [0.4, 0.5) is 11.8 Å². The molecular weight excluding hydrogens is 590 g/mol. The minimum atomic E-state index is -0.655. The summed E-state index contributed by atoms with van der Waals surface area (Å²) in [6.45, 7) is 5.04. The number of benzene rings is 1. The average molecular weight is 644 g/mol. The van der Waals surface area contributed by atoms with Crippen molar-refractivity contribution in [3.8, 4) is 0 Å². The molecule has 3 aliphatic rings. The van der Waals surface area contributed by atoms with Gasteiger partial charge in [0.2, 0.25) is 5.95 Å². The summed E-state index contributed by atoms with van der Waals surface area (Å²) in [5, 5.41) is 18.1. The number of nitrogens with zero attached hydrogens (tertiary/aromatic N) is 6. The fraction of sp³-hybridized carbons (Fsp3) is 0.622. The van der Waals surface area contributed by atoms with E-state index in [4.69, 9.17) is 14.7 Å². The number of carboxylic acids is 1. The fourth-order valence-electron chi connectivity index (χ4n) is 8.36. The molecule has 1 aromatic carbocycles. The molecule has 3 heterocycles. The van der Waals surface area contributed by atoms with Crippen LogP contribution in [0.5, 0.6) is 0 Å². The number of aryl methyl sites for hydroxylation is 2. The van der Waals surface area contributed by atoms with Gasteiger partial charge in [-0.3, -0.25) is 14.4 Å². The summed E-state index contributed by atoms with van der Waals surface area (Å²) >= 11 is 0. The molecule has 2 fully saturated rings. The summed E-state index contributed by atoms with van der Waals surface area (Å²) < 4.78 is 7.65. The van der Waals surface area contributed by atoms with E-state index in [0.717, 1.165) is 107 Å². The van der Waals surface area contributed by atoms with Crippen LogP contribution >= 0.6 is 0 Å². The van der Waals surface area contributed by atoms with Crippen molar-refractivity contribution in [3.63, 3.8) is 0 Å². The fourth-order valence-corrected chi connectivity index (χ4v) is 8.36. The molecular formula is C37H53N7O3. The zero-order valence-corrected chi connectivity index (χ0v) is 28.6. The van der Waals surface area contributed by atoms with Gasteiger partial charge in [-0.05, 0) is 88.2 Å². The van der Waals surface area contributed by atoms with Gasteiger partial charge in [0.25, 0.3) is 0 Å². The van der Waals surface area contributed by atoms with Gasteiger partial charge in [-0.1, -0.05) is 37.3 Å². The first-order valence-electron chi connectivity index (χ1n) is 17.7.